The Bertz CT molecular complexity index is 1320. The zero-order chi connectivity index (χ0) is 24.6. The second-order valence-electron chi connectivity index (χ2n) is 7.23. The van der Waals surface area contributed by atoms with Crippen molar-refractivity contribution in [2.24, 2.45) is 0 Å². The van der Waals surface area contributed by atoms with E-state index in [1.54, 1.807) is 30.3 Å². The first-order valence-corrected chi connectivity index (χ1v) is 12.8. The molecule has 2 aromatic heterocycles. The van der Waals surface area contributed by atoms with Crippen LogP contribution in [0.3, 0.4) is 0 Å². The van der Waals surface area contributed by atoms with Crippen molar-refractivity contribution in [1.82, 2.24) is 25.1 Å². The highest BCUT2D eigenvalue weighted by atomic mass is 35.5. The number of nitrogens with one attached hydrogen (secondary N) is 2. The number of rotatable bonds is 10. The number of carbonyl (C=O) groups excluding carboxylic acids is 2. The van der Waals surface area contributed by atoms with Gasteiger partial charge in [-0.2, -0.15) is 0 Å². The molecule has 11 heteroatoms. The first-order valence-electron chi connectivity index (χ1n) is 10.5. The van der Waals surface area contributed by atoms with Crippen LogP contribution in [0.2, 0.25) is 5.02 Å². The number of nitrogens with zero attached hydrogens (tertiary/aromatic N) is 4. The lowest BCUT2D eigenvalue weighted by atomic mass is 10.2. The molecule has 0 aliphatic carbocycles. The Labute approximate surface area is 215 Å². The lowest BCUT2D eigenvalue weighted by Gasteiger charge is -2.09. The largest absolute Gasteiger partial charge is 0.345 e. The first-order chi connectivity index (χ1) is 17.0. The molecule has 2 heterocycles. The summed E-state index contributed by atoms with van der Waals surface area (Å²) in [5.41, 5.74) is 2.30. The maximum absolute atomic E-state index is 12.5. The molecule has 178 valence electrons. The highest BCUT2D eigenvalue weighted by Gasteiger charge is 2.16. The number of thioether (sulfide) groups is 1. The van der Waals surface area contributed by atoms with Crippen LogP contribution >= 0.6 is 34.7 Å². The van der Waals surface area contributed by atoms with Crippen LogP contribution in [0.15, 0.2) is 77.8 Å². The summed E-state index contributed by atoms with van der Waals surface area (Å²) in [6, 6.07) is 16.4. The standard InChI is InChI=1S/C24H21ClN6O2S2/c1-2-12-31-20(13-26-22(33)17-8-10-18(25)11-9-17)29-30-24(31)35-15-21(32)28-23-27-19(14-34-23)16-6-4-3-5-7-16/h2-11,14H,1,12-13,15H2,(H,26,33)(H,27,28,32). The summed E-state index contributed by atoms with van der Waals surface area (Å²) >= 11 is 8.50. The number of benzene rings is 2. The maximum atomic E-state index is 12.5. The molecule has 0 aliphatic rings. The molecule has 0 radical (unpaired) electrons. The van der Waals surface area contributed by atoms with Crippen LogP contribution in [-0.4, -0.2) is 37.3 Å². The molecule has 0 saturated heterocycles. The molecular weight excluding hydrogens is 504 g/mol. The Morgan fingerprint density at radius 2 is 1.89 bits per heavy atom. The Balaban J connectivity index is 1.34. The molecule has 0 unspecified atom stereocenters. The van der Waals surface area contributed by atoms with Crippen LogP contribution in [0, 0.1) is 0 Å². The van der Waals surface area contributed by atoms with E-state index >= 15 is 0 Å². The van der Waals surface area contributed by atoms with E-state index in [1.165, 1.54) is 23.1 Å². The molecule has 0 spiro atoms. The highest BCUT2D eigenvalue weighted by Crippen LogP contribution is 2.25. The quantitative estimate of drug-likeness (QED) is 0.226. The second-order valence-corrected chi connectivity index (χ2v) is 9.47. The van der Waals surface area contributed by atoms with Gasteiger partial charge >= 0.3 is 0 Å². The van der Waals surface area contributed by atoms with Crippen molar-refractivity contribution in [3.05, 3.63) is 89.0 Å². The normalized spacial score (nSPS) is 10.7. The summed E-state index contributed by atoms with van der Waals surface area (Å²) in [5, 5.41) is 17.6. The van der Waals surface area contributed by atoms with Crippen LogP contribution in [0.25, 0.3) is 11.3 Å². The van der Waals surface area contributed by atoms with Gasteiger partial charge in [-0.25, -0.2) is 4.98 Å². The Morgan fingerprint density at radius 1 is 1.11 bits per heavy atom. The molecule has 2 aromatic carbocycles. The fraction of sp³-hybridized carbons (Fsp3) is 0.125. The minimum absolute atomic E-state index is 0.132. The monoisotopic (exact) mass is 524 g/mol. The number of anilines is 1. The third kappa shape index (κ3) is 6.56. The lowest BCUT2D eigenvalue weighted by molar-refractivity contribution is -0.113. The van der Waals surface area contributed by atoms with Crippen molar-refractivity contribution in [1.29, 1.82) is 0 Å². The molecule has 0 saturated carbocycles. The summed E-state index contributed by atoms with van der Waals surface area (Å²) in [6.45, 7) is 4.39. The van der Waals surface area contributed by atoms with E-state index in [0.29, 0.717) is 33.2 Å². The molecular formula is C24H21ClN6O2S2. The van der Waals surface area contributed by atoms with Gasteiger partial charge in [0.2, 0.25) is 5.91 Å². The van der Waals surface area contributed by atoms with Crippen molar-refractivity contribution < 1.29 is 9.59 Å². The van der Waals surface area contributed by atoms with Crippen LogP contribution in [0.4, 0.5) is 5.13 Å². The molecule has 4 aromatic rings. The number of thiazole rings is 1. The van der Waals surface area contributed by atoms with E-state index < -0.39 is 0 Å². The van der Waals surface area contributed by atoms with Crippen molar-refractivity contribution in [3.63, 3.8) is 0 Å². The number of carbonyl (C=O) groups is 2. The molecule has 0 bridgehead atoms. The van der Waals surface area contributed by atoms with Crippen LogP contribution in [0.1, 0.15) is 16.2 Å². The Hall–Kier alpha value is -3.47. The van der Waals surface area contributed by atoms with Crippen molar-refractivity contribution in [3.8, 4) is 11.3 Å². The van der Waals surface area contributed by atoms with E-state index in [2.05, 4.69) is 32.4 Å². The fourth-order valence-corrected chi connectivity index (χ4v) is 4.72. The minimum Gasteiger partial charge on any atom is -0.345 e. The number of halogens is 1. The van der Waals surface area contributed by atoms with Gasteiger partial charge in [-0.15, -0.1) is 28.1 Å². The maximum Gasteiger partial charge on any atom is 0.251 e. The van der Waals surface area contributed by atoms with Gasteiger partial charge in [0.15, 0.2) is 16.1 Å². The zero-order valence-corrected chi connectivity index (χ0v) is 20.9. The van der Waals surface area contributed by atoms with Gasteiger partial charge in [0.1, 0.15) is 0 Å². The molecule has 2 N–H and O–H groups in total. The fourth-order valence-electron chi connectivity index (χ4n) is 3.09. The van der Waals surface area contributed by atoms with Gasteiger partial charge < -0.3 is 15.2 Å². The number of hydrogen-bond donors (Lipinski definition) is 2. The predicted octanol–water partition coefficient (Wildman–Crippen LogP) is 4.90. The molecule has 4 rings (SSSR count). The summed E-state index contributed by atoms with van der Waals surface area (Å²) < 4.78 is 1.81. The predicted molar refractivity (Wildman–Crippen MR) is 140 cm³/mol. The van der Waals surface area contributed by atoms with E-state index in [1.807, 2.05) is 40.3 Å². The SMILES string of the molecule is C=CCn1c(CNC(=O)c2ccc(Cl)cc2)nnc1SCC(=O)Nc1nc(-c2ccccc2)cs1. The lowest BCUT2D eigenvalue weighted by Crippen LogP contribution is -2.24. The number of amides is 2. The summed E-state index contributed by atoms with van der Waals surface area (Å²) in [6.07, 6.45) is 1.71. The second kappa shape index (κ2) is 11.8. The summed E-state index contributed by atoms with van der Waals surface area (Å²) in [5.74, 6) is 0.242. The van der Waals surface area contributed by atoms with Crippen molar-refractivity contribution in [2.75, 3.05) is 11.1 Å². The van der Waals surface area contributed by atoms with Gasteiger partial charge in [0.25, 0.3) is 5.91 Å². The van der Waals surface area contributed by atoms with Gasteiger partial charge in [-0.3, -0.25) is 9.59 Å². The third-order valence-electron chi connectivity index (χ3n) is 4.77. The molecule has 2 amide bonds. The minimum atomic E-state index is -0.248. The average molecular weight is 525 g/mol. The van der Waals surface area contributed by atoms with Crippen molar-refractivity contribution in [2.45, 2.75) is 18.2 Å². The van der Waals surface area contributed by atoms with Gasteiger partial charge in [-0.1, -0.05) is 59.8 Å². The third-order valence-corrected chi connectivity index (χ3v) is 6.75. The molecule has 35 heavy (non-hydrogen) atoms. The van der Waals surface area contributed by atoms with E-state index in [0.717, 1.165) is 11.3 Å². The summed E-state index contributed by atoms with van der Waals surface area (Å²) in [4.78, 5) is 29.4. The van der Waals surface area contributed by atoms with Gasteiger partial charge in [0.05, 0.1) is 18.0 Å². The average Bonchev–Trinajstić information content (AvgIpc) is 3.49. The Kier molecular flexibility index (Phi) is 8.30. The summed E-state index contributed by atoms with van der Waals surface area (Å²) in [7, 11) is 0. The Morgan fingerprint density at radius 3 is 2.63 bits per heavy atom. The first kappa shape index (κ1) is 24.6. The molecule has 0 aliphatic heterocycles. The van der Waals surface area contributed by atoms with Crippen LogP contribution in [0.5, 0.6) is 0 Å². The number of aromatic nitrogens is 4. The topological polar surface area (TPSA) is 102 Å². The molecule has 0 fully saturated rings. The molecule has 8 nitrogen and oxygen atoms in total. The van der Waals surface area contributed by atoms with Gasteiger partial charge in [-0.05, 0) is 24.3 Å². The molecule has 0 atom stereocenters. The van der Waals surface area contributed by atoms with Crippen LogP contribution in [-0.2, 0) is 17.9 Å². The van der Waals surface area contributed by atoms with E-state index in [4.69, 9.17) is 11.6 Å². The van der Waals surface area contributed by atoms with E-state index in [-0.39, 0.29) is 24.1 Å². The van der Waals surface area contributed by atoms with E-state index in [9.17, 15) is 9.59 Å². The van der Waals surface area contributed by atoms with Gasteiger partial charge in [0, 0.05) is 28.1 Å². The smallest absolute Gasteiger partial charge is 0.251 e. The van der Waals surface area contributed by atoms with Crippen molar-refractivity contribution >= 4 is 51.6 Å². The van der Waals surface area contributed by atoms with Crippen LogP contribution < -0.4 is 10.6 Å². The number of allylic oxidation sites excluding steroid dienone is 1. The zero-order valence-electron chi connectivity index (χ0n) is 18.5. The highest BCUT2D eigenvalue weighted by molar-refractivity contribution is 7.99. The number of hydrogen-bond acceptors (Lipinski definition) is 7.